The monoisotopic (exact) mass is 232 g/mol. The molecule has 1 aliphatic carbocycles. The Kier molecular flexibility index (Phi) is 3.22. The highest BCUT2D eigenvalue weighted by Crippen LogP contribution is 2.15. The molecule has 0 bridgehead atoms. The average Bonchev–Trinajstić information content (AvgIpc) is 2.77. The fourth-order valence-corrected chi connectivity index (χ4v) is 1.66. The number of nitrogens with zero attached hydrogens (tertiary/aromatic N) is 4. The van der Waals surface area contributed by atoms with Gasteiger partial charge in [0, 0.05) is 13.6 Å². The van der Waals surface area contributed by atoms with E-state index in [0.717, 1.165) is 19.4 Å². The van der Waals surface area contributed by atoms with E-state index in [-0.39, 0.29) is 11.9 Å². The molecule has 1 aliphatic rings. The van der Waals surface area contributed by atoms with Crippen molar-refractivity contribution in [2.45, 2.75) is 12.8 Å². The number of anilines is 3. The third-order valence-electron chi connectivity index (χ3n) is 2.58. The Balaban J connectivity index is 1.98. The Morgan fingerprint density at radius 3 is 2.53 bits per heavy atom. The Hall–Kier alpha value is -2.11. The van der Waals surface area contributed by atoms with E-state index in [4.69, 9.17) is 11.5 Å². The number of allylic oxidation sites excluding steroid dienone is 3. The summed E-state index contributed by atoms with van der Waals surface area (Å²) in [5, 5.41) is 0. The molecule has 1 aromatic heterocycles. The molecule has 6 nitrogen and oxygen atoms in total. The van der Waals surface area contributed by atoms with Gasteiger partial charge in [-0.3, -0.25) is 0 Å². The van der Waals surface area contributed by atoms with Crippen LogP contribution in [0.3, 0.4) is 0 Å². The number of hydrogen-bond acceptors (Lipinski definition) is 6. The van der Waals surface area contributed by atoms with E-state index in [0.29, 0.717) is 5.95 Å². The fraction of sp³-hybridized carbons (Fsp3) is 0.364. The second-order valence-electron chi connectivity index (χ2n) is 3.94. The van der Waals surface area contributed by atoms with Gasteiger partial charge in [-0.25, -0.2) is 0 Å². The number of rotatable bonds is 4. The van der Waals surface area contributed by atoms with E-state index in [9.17, 15) is 0 Å². The van der Waals surface area contributed by atoms with Crippen molar-refractivity contribution in [2.24, 2.45) is 0 Å². The lowest BCUT2D eigenvalue weighted by atomic mass is 10.2. The van der Waals surface area contributed by atoms with Crippen LogP contribution < -0.4 is 16.4 Å². The zero-order valence-electron chi connectivity index (χ0n) is 9.80. The van der Waals surface area contributed by atoms with Gasteiger partial charge in [0.05, 0.1) is 0 Å². The summed E-state index contributed by atoms with van der Waals surface area (Å²) in [7, 11) is 1.91. The highest BCUT2D eigenvalue weighted by Gasteiger charge is 2.08. The van der Waals surface area contributed by atoms with Crippen molar-refractivity contribution in [1.82, 2.24) is 15.0 Å². The Morgan fingerprint density at radius 1 is 1.24 bits per heavy atom. The zero-order chi connectivity index (χ0) is 12.3. The number of hydrogen-bond donors (Lipinski definition) is 2. The second-order valence-corrected chi connectivity index (χ2v) is 3.94. The van der Waals surface area contributed by atoms with E-state index in [1.807, 2.05) is 11.9 Å². The molecule has 0 unspecified atom stereocenters. The van der Waals surface area contributed by atoms with E-state index in [1.165, 1.54) is 5.57 Å². The number of nitrogen functional groups attached to an aromatic ring is 2. The van der Waals surface area contributed by atoms with Crippen LogP contribution in [0.5, 0.6) is 0 Å². The molecule has 0 aromatic carbocycles. The lowest BCUT2D eigenvalue weighted by Crippen LogP contribution is -2.22. The molecule has 0 spiro atoms. The zero-order valence-corrected chi connectivity index (χ0v) is 9.80. The first-order valence-corrected chi connectivity index (χ1v) is 5.49. The van der Waals surface area contributed by atoms with Gasteiger partial charge < -0.3 is 16.4 Å². The normalized spacial score (nSPS) is 13.8. The molecular weight excluding hydrogens is 216 g/mol. The lowest BCUT2D eigenvalue weighted by Gasteiger charge is -2.17. The van der Waals surface area contributed by atoms with Crippen LogP contribution in [0.4, 0.5) is 17.8 Å². The maximum atomic E-state index is 5.52. The van der Waals surface area contributed by atoms with E-state index in [2.05, 4.69) is 33.2 Å². The third kappa shape index (κ3) is 2.93. The SMILES string of the molecule is CN(CCC1=CCC=C1)c1nc(N)nc(N)n1. The predicted octanol–water partition coefficient (Wildman–Crippen LogP) is 0.749. The van der Waals surface area contributed by atoms with Gasteiger partial charge >= 0.3 is 0 Å². The quantitative estimate of drug-likeness (QED) is 0.795. The third-order valence-corrected chi connectivity index (χ3v) is 2.58. The van der Waals surface area contributed by atoms with Crippen LogP contribution in [-0.4, -0.2) is 28.5 Å². The van der Waals surface area contributed by atoms with Crippen LogP contribution >= 0.6 is 0 Å². The van der Waals surface area contributed by atoms with Gasteiger partial charge in [-0.1, -0.05) is 23.8 Å². The van der Waals surface area contributed by atoms with Crippen LogP contribution in [0.15, 0.2) is 23.8 Å². The minimum absolute atomic E-state index is 0.152. The number of aromatic nitrogens is 3. The van der Waals surface area contributed by atoms with E-state index in [1.54, 1.807) is 0 Å². The lowest BCUT2D eigenvalue weighted by molar-refractivity contribution is 0.836. The molecule has 4 N–H and O–H groups in total. The molecule has 0 amide bonds. The van der Waals surface area contributed by atoms with Crippen molar-refractivity contribution in [1.29, 1.82) is 0 Å². The highest BCUT2D eigenvalue weighted by atomic mass is 15.3. The van der Waals surface area contributed by atoms with Crippen molar-refractivity contribution in [3.8, 4) is 0 Å². The molecule has 0 saturated carbocycles. The highest BCUT2D eigenvalue weighted by molar-refractivity contribution is 5.39. The molecule has 2 rings (SSSR count). The van der Waals surface area contributed by atoms with Gasteiger partial charge in [-0.2, -0.15) is 15.0 Å². The summed E-state index contributed by atoms with van der Waals surface area (Å²) in [6, 6.07) is 0. The largest absolute Gasteiger partial charge is 0.368 e. The molecule has 0 atom stereocenters. The Labute approximate surface area is 100 Å². The summed E-state index contributed by atoms with van der Waals surface area (Å²) in [6.45, 7) is 0.819. The summed E-state index contributed by atoms with van der Waals surface area (Å²) in [4.78, 5) is 13.7. The first-order valence-electron chi connectivity index (χ1n) is 5.49. The summed E-state index contributed by atoms with van der Waals surface area (Å²) in [5.74, 6) is 0.816. The van der Waals surface area contributed by atoms with Crippen molar-refractivity contribution in [3.05, 3.63) is 23.8 Å². The molecule has 0 saturated heterocycles. The second kappa shape index (κ2) is 4.82. The van der Waals surface area contributed by atoms with Gasteiger partial charge in [-0.15, -0.1) is 0 Å². The number of nitrogens with two attached hydrogens (primary N) is 2. The molecule has 1 aromatic rings. The van der Waals surface area contributed by atoms with Gasteiger partial charge in [-0.05, 0) is 12.8 Å². The standard InChI is InChI=1S/C11H16N6/c1-17(7-6-8-4-2-3-5-8)11-15-9(12)14-10(13)16-11/h2,4-5H,3,6-7H2,1H3,(H4,12,13,14,15,16). The Bertz CT molecular complexity index is 445. The van der Waals surface area contributed by atoms with Gasteiger partial charge in [0.1, 0.15) is 0 Å². The maximum absolute atomic E-state index is 5.52. The molecule has 1 heterocycles. The van der Waals surface area contributed by atoms with Crippen molar-refractivity contribution in [2.75, 3.05) is 30.0 Å². The average molecular weight is 232 g/mol. The van der Waals surface area contributed by atoms with E-state index < -0.39 is 0 Å². The van der Waals surface area contributed by atoms with Gasteiger partial charge in [0.15, 0.2) is 0 Å². The van der Waals surface area contributed by atoms with Crippen molar-refractivity contribution >= 4 is 17.8 Å². The maximum Gasteiger partial charge on any atom is 0.231 e. The van der Waals surface area contributed by atoms with Gasteiger partial charge in [0.2, 0.25) is 17.8 Å². The van der Waals surface area contributed by atoms with Crippen molar-refractivity contribution < 1.29 is 0 Å². The van der Waals surface area contributed by atoms with Crippen molar-refractivity contribution in [3.63, 3.8) is 0 Å². The molecule has 0 fully saturated rings. The summed E-state index contributed by atoms with van der Waals surface area (Å²) >= 11 is 0. The Morgan fingerprint density at radius 2 is 1.94 bits per heavy atom. The first-order chi connectivity index (χ1) is 8.15. The fourth-order valence-electron chi connectivity index (χ4n) is 1.66. The summed E-state index contributed by atoms with van der Waals surface area (Å²) in [6.07, 6.45) is 8.49. The molecule has 17 heavy (non-hydrogen) atoms. The van der Waals surface area contributed by atoms with Crippen LogP contribution in [-0.2, 0) is 0 Å². The van der Waals surface area contributed by atoms with Gasteiger partial charge in [0.25, 0.3) is 0 Å². The summed E-state index contributed by atoms with van der Waals surface area (Å²) in [5.41, 5.74) is 12.4. The topological polar surface area (TPSA) is 94.0 Å². The van der Waals surface area contributed by atoms with Crippen LogP contribution in [0.25, 0.3) is 0 Å². The van der Waals surface area contributed by atoms with E-state index >= 15 is 0 Å². The summed E-state index contributed by atoms with van der Waals surface area (Å²) < 4.78 is 0. The first kappa shape index (κ1) is 11.4. The van der Waals surface area contributed by atoms with Crippen LogP contribution in [0.2, 0.25) is 0 Å². The molecule has 6 heteroatoms. The molecule has 90 valence electrons. The molecular formula is C11H16N6. The predicted molar refractivity (Wildman–Crippen MR) is 68.4 cm³/mol. The van der Waals surface area contributed by atoms with Crippen LogP contribution in [0.1, 0.15) is 12.8 Å². The van der Waals surface area contributed by atoms with Crippen LogP contribution in [0, 0.1) is 0 Å². The molecule has 0 radical (unpaired) electrons. The minimum Gasteiger partial charge on any atom is -0.368 e. The minimum atomic E-state index is 0.152. The molecule has 0 aliphatic heterocycles. The smallest absolute Gasteiger partial charge is 0.231 e.